The van der Waals surface area contributed by atoms with Crippen LogP contribution in [0.1, 0.15) is 42.3 Å². The van der Waals surface area contributed by atoms with E-state index in [4.69, 9.17) is 16.6 Å². The summed E-state index contributed by atoms with van der Waals surface area (Å²) in [5, 5.41) is 6.51. The Morgan fingerprint density at radius 2 is 1.79 bits per heavy atom. The average Bonchev–Trinajstić information content (AvgIpc) is 2.66. The number of benzene rings is 2. The lowest BCUT2D eigenvalue weighted by Crippen LogP contribution is -2.29. The summed E-state index contributed by atoms with van der Waals surface area (Å²) in [4.78, 5) is 23.9. The first-order valence-electron chi connectivity index (χ1n) is 8.95. The molecule has 28 heavy (non-hydrogen) atoms. The normalized spacial score (nSPS) is 11.2. The van der Waals surface area contributed by atoms with Gasteiger partial charge in [0.15, 0.2) is 11.4 Å². The summed E-state index contributed by atoms with van der Waals surface area (Å²) in [5.74, 6) is 0.0410. The smallest absolute Gasteiger partial charge is 0.214 e. The van der Waals surface area contributed by atoms with Gasteiger partial charge in [-0.05, 0) is 40.9 Å². The van der Waals surface area contributed by atoms with Crippen molar-refractivity contribution in [3.05, 3.63) is 75.4 Å². The van der Waals surface area contributed by atoms with E-state index >= 15 is 0 Å². The van der Waals surface area contributed by atoms with Gasteiger partial charge in [-0.25, -0.2) is 0 Å². The molecular formula is C22H22N2O3S. The molecule has 0 aliphatic carbocycles. The fourth-order valence-electron chi connectivity index (χ4n) is 2.81. The average molecular weight is 394 g/mol. The monoisotopic (exact) mass is 394 g/mol. The number of hydrogen-bond donors (Lipinski definition) is 2. The van der Waals surface area contributed by atoms with Crippen LogP contribution in [0.3, 0.4) is 0 Å². The SMILES string of the molecule is CC(C)(C)c1ccc(CNC(=S)Nc2oc3ccccc3c(=O)c2C=O)cc1. The van der Waals surface area contributed by atoms with Crippen LogP contribution in [0.4, 0.5) is 5.88 Å². The van der Waals surface area contributed by atoms with Crippen molar-refractivity contribution in [2.24, 2.45) is 0 Å². The molecule has 0 amide bonds. The first-order valence-corrected chi connectivity index (χ1v) is 9.35. The maximum absolute atomic E-state index is 12.5. The Hall–Kier alpha value is -2.99. The zero-order valence-electron chi connectivity index (χ0n) is 16.0. The molecule has 0 saturated heterocycles. The van der Waals surface area contributed by atoms with Crippen LogP contribution in [0.25, 0.3) is 11.0 Å². The molecule has 0 aliphatic rings. The van der Waals surface area contributed by atoms with Gasteiger partial charge < -0.3 is 15.1 Å². The predicted molar refractivity (Wildman–Crippen MR) is 116 cm³/mol. The lowest BCUT2D eigenvalue weighted by molar-refractivity contribution is 0.112. The molecule has 0 aliphatic heterocycles. The van der Waals surface area contributed by atoms with Gasteiger partial charge in [-0.3, -0.25) is 9.59 Å². The van der Waals surface area contributed by atoms with E-state index < -0.39 is 0 Å². The molecule has 0 bridgehead atoms. The molecule has 144 valence electrons. The van der Waals surface area contributed by atoms with E-state index in [-0.39, 0.29) is 27.4 Å². The third-order valence-corrected chi connectivity index (χ3v) is 4.70. The molecule has 0 saturated carbocycles. The van der Waals surface area contributed by atoms with Gasteiger partial charge in [0.05, 0.1) is 5.39 Å². The van der Waals surface area contributed by atoms with Gasteiger partial charge in [-0.1, -0.05) is 57.2 Å². The van der Waals surface area contributed by atoms with E-state index in [0.717, 1.165) is 5.56 Å². The van der Waals surface area contributed by atoms with Crippen LogP contribution in [0.5, 0.6) is 0 Å². The molecule has 0 atom stereocenters. The zero-order chi connectivity index (χ0) is 20.3. The minimum atomic E-state index is -0.389. The first kappa shape index (κ1) is 19.8. The van der Waals surface area contributed by atoms with Crippen LogP contribution in [0.15, 0.2) is 57.7 Å². The molecule has 0 radical (unpaired) electrons. The Morgan fingerprint density at radius 3 is 2.43 bits per heavy atom. The number of nitrogens with one attached hydrogen (secondary N) is 2. The number of fused-ring (bicyclic) bond motifs is 1. The van der Waals surface area contributed by atoms with Gasteiger partial charge in [0.25, 0.3) is 0 Å². The molecule has 1 aromatic heterocycles. The van der Waals surface area contributed by atoms with Crippen LogP contribution < -0.4 is 16.1 Å². The molecule has 1 heterocycles. The molecule has 0 spiro atoms. The Kier molecular flexibility index (Phi) is 5.61. The molecule has 0 unspecified atom stereocenters. The fourth-order valence-corrected chi connectivity index (χ4v) is 2.97. The van der Waals surface area contributed by atoms with Crippen molar-refractivity contribution in [3.8, 4) is 0 Å². The number of para-hydroxylation sites is 1. The summed E-state index contributed by atoms with van der Waals surface area (Å²) in [6.45, 7) is 7.01. The van der Waals surface area contributed by atoms with Gasteiger partial charge in [-0.2, -0.15) is 0 Å². The van der Waals surface area contributed by atoms with Gasteiger partial charge in [0.2, 0.25) is 11.3 Å². The predicted octanol–water partition coefficient (Wildman–Crippen LogP) is 4.39. The van der Waals surface area contributed by atoms with Crippen molar-refractivity contribution in [2.75, 3.05) is 5.32 Å². The molecule has 3 aromatic rings. The number of hydrogen-bond acceptors (Lipinski definition) is 4. The summed E-state index contributed by atoms with van der Waals surface area (Å²) in [5.41, 5.74) is 2.33. The fraction of sp³-hybridized carbons (Fsp3) is 0.227. The van der Waals surface area contributed by atoms with Crippen molar-refractivity contribution >= 4 is 40.5 Å². The minimum absolute atomic E-state index is 0.0410. The lowest BCUT2D eigenvalue weighted by atomic mass is 9.87. The number of rotatable bonds is 4. The van der Waals surface area contributed by atoms with Crippen LogP contribution in [0.2, 0.25) is 0 Å². The highest BCUT2D eigenvalue weighted by atomic mass is 32.1. The zero-order valence-corrected chi connectivity index (χ0v) is 16.9. The summed E-state index contributed by atoms with van der Waals surface area (Å²) in [6.07, 6.45) is 0.481. The van der Waals surface area contributed by atoms with Crippen molar-refractivity contribution in [1.82, 2.24) is 5.32 Å². The Balaban J connectivity index is 1.73. The van der Waals surface area contributed by atoms with Gasteiger partial charge >= 0.3 is 0 Å². The van der Waals surface area contributed by atoms with Gasteiger partial charge in [0, 0.05) is 6.54 Å². The molecule has 3 rings (SSSR count). The highest BCUT2D eigenvalue weighted by molar-refractivity contribution is 7.80. The van der Waals surface area contributed by atoms with Crippen molar-refractivity contribution in [3.63, 3.8) is 0 Å². The van der Waals surface area contributed by atoms with Crippen LogP contribution in [0, 0.1) is 0 Å². The maximum atomic E-state index is 12.5. The van der Waals surface area contributed by atoms with E-state index in [9.17, 15) is 9.59 Å². The summed E-state index contributed by atoms with van der Waals surface area (Å²) < 4.78 is 5.67. The molecule has 5 nitrogen and oxygen atoms in total. The molecule has 6 heteroatoms. The summed E-state index contributed by atoms with van der Waals surface area (Å²) in [6, 6.07) is 15.1. The van der Waals surface area contributed by atoms with Crippen molar-refractivity contribution < 1.29 is 9.21 Å². The second kappa shape index (κ2) is 7.94. The molecule has 0 fully saturated rings. The second-order valence-corrected chi connectivity index (χ2v) is 7.95. The third-order valence-electron chi connectivity index (χ3n) is 4.45. The minimum Gasteiger partial charge on any atom is -0.439 e. The Labute approximate surface area is 168 Å². The number of aldehydes is 1. The Bertz CT molecular complexity index is 1080. The molecular weight excluding hydrogens is 372 g/mol. The highest BCUT2D eigenvalue weighted by Gasteiger charge is 2.15. The number of carbonyl (C=O) groups excluding carboxylic acids is 1. The summed E-state index contributed by atoms with van der Waals surface area (Å²) >= 11 is 5.29. The first-order chi connectivity index (χ1) is 13.3. The quantitative estimate of drug-likeness (QED) is 0.505. The largest absolute Gasteiger partial charge is 0.439 e. The van der Waals surface area contributed by atoms with Crippen molar-refractivity contribution in [2.45, 2.75) is 32.7 Å². The van der Waals surface area contributed by atoms with Gasteiger partial charge in [0.1, 0.15) is 11.1 Å². The lowest BCUT2D eigenvalue weighted by Gasteiger charge is -2.19. The number of thiocarbonyl (C=S) groups is 1. The van der Waals surface area contributed by atoms with Crippen LogP contribution in [-0.4, -0.2) is 11.4 Å². The highest BCUT2D eigenvalue weighted by Crippen LogP contribution is 2.22. The van der Waals surface area contributed by atoms with E-state index in [1.165, 1.54) is 5.56 Å². The van der Waals surface area contributed by atoms with Crippen molar-refractivity contribution in [1.29, 1.82) is 0 Å². The van der Waals surface area contributed by atoms with Crippen LogP contribution in [-0.2, 0) is 12.0 Å². The van der Waals surface area contributed by atoms with E-state index in [0.29, 0.717) is 23.8 Å². The standard InChI is InChI=1S/C22H22N2O3S/c1-22(2,3)15-10-8-14(9-11-15)12-23-21(28)24-20-17(13-25)19(26)16-6-4-5-7-18(16)27-20/h4-11,13H,12H2,1-3H3,(H2,23,24,28). The van der Waals surface area contributed by atoms with E-state index in [1.807, 2.05) is 12.1 Å². The Morgan fingerprint density at radius 1 is 1.11 bits per heavy atom. The second-order valence-electron chi connectivity index (χ2n) is 7.54. The van der Waals surface area contributed by atoms with E-state index in [2.05, 4.69) is 43.5 Å². The summed E-state index contributed by atoms with van der Waals surface area (Å²) in [7, 11) is 0. The molecule has 2 N–H and O–H groups in total. The number of carbonyl (C=O) groups is 1. The topological polar surface area (TPSA) is 71.3 Å². The van der Waals surface area contributed by atoms with E-state index in [1.54, 1.807) is 24.3 Å². The van der Waals surface area contributed by atoms with Crippen LogP contribution >= 0.6 is 12.2 Å². The third kappa shape index (κ3) is 4.28. The molecule has 2 aromatic carbocycles. The number of anilines is 1. The maximum Gasteiger partial charge on any atom is 0.214 e. The van der Waals surface area contributed by atoms with Gasteiger partial charge in [-0.15, -0.1) is 0 Å².